The van der Waals surface area contributed by atoms with E-state index in [9.17, 15) is 9.18 Å². The summed E-state index contributed by atoms with van der Waals surface area (Å²) in [4.78, 5) is 13.1. The molecule has 2 aromatic carbocycles. The molecule has 0 aliphatic carbocycles. The van der Waals surface area contributed by atoms with Crippen LogP contribution in [-0.2, 0) is 9.47 Å². The van der Waals surface area contributed by atoms with E-state index < -0.39 is 11.7 Å². The summed E-state index contributed by atoms with van der Waals surface area (Å²) < 4.78 is 42.4. The first-order chi connectivity index (χ1) is 18.9. The number of benzene rings is 2. The number of terminal acetylenes is 1. The molecule has 8 nitrogen and oxygen atoms in total. The molecule has 2 heterocycles. The smallest absolute Gasteiger partial charge is 0.254 e. The SMILES string of the molecule is C#C/C=C(OC)\C(CNC(=O)c1cc([C@@H]2CCNC[C@H]2COc2ccc3c(c2)OCO3)ccc1F)=C(/C)OC. The van der Waals surface area contributed by atoms with Crippen LogP contribution in [0.4, 0.5) is 4.39 Å². The van der Waals surface area contributed by atoms with Crippen LogP contribution in [0.1, 0.15) is 35.2 Å². The van der Waals surface area contributed by atoms with E-state index in [-0.39, 0.29) is 30.7 Å². The molecule has 0 spiro atoms. The van der Waals surface area contributed by atoms with Crippen LogP contribution in [-0.4, -0.2) is 53.2 Å². The van der Waals surface area contributed by atoms with E-state index >= 15 is 0 Å². The second kappa shape index (κ2) is 13.1. The lowest BCUT2D eigenvalue weighted by Crippen LogP contribution is -2.38. The van der Waals surface area contributed by atoms with Crippen LogP contribution >= 0.6 is 0 Å². The van der Waals surface area contributed by atoms with E-state index in [0.717, 1.165) is 25.1 Å². The number of rotatable bonds is 10. The van der Waals surface area contributed by atoms with E-state index in [1.165, 1.54) is 26.4 Å². The molecular weight excluding hydrogens is 503 g/mol. The molecule has 0 radical (unpaired) electrons. The Morgan fingerprint density at radius 2 is 2.03 bits per heavy atom. The van der Waals surface area contributed by atoms with Crippen molar-refractivity contribution >= 4 is 5.91 Å². The number of hydrogen-bond acceptors (Lipinski definition) is 7. The molecule has 0 unspecified atom stereocenters. The number of fused-ring (bicyclic) bond motifs is 1. The summed E-state index contributed by atoms with van der Waals surface area (Å²) >= 11 is 0. The van der Waals surface area contributed by atoms with Crippen molar-refractivity contribution < 1.29 is 32.9 Å². The Hall–Kier alpha value is -4.16. The monoisotopic (exact) mass is 536 g/mol. The zero-order valence-electron chi connectivity index (χ0n) is 22.3. The van der Waals surface area contributed by atoms with Crippen molar-refractivity contribution in [1.29, 1.82) is 0 Å². The minimum atomic E-state index is -0.599. The van der Waals surface area contributed by atoms with Gasteiger partial charge in [0.1, 0.15) is 23.1 Å². The molecule has 39 heavy (non-hydrogen) atoms. The van der Waals surface area contributed by atoms with Crippen molar-refractivity contribution in [2.75, 3.05) is 47.3 Å². The number of nitrogens with one attached hydrogen (secondary N) is 2. The molecule has 0 aromatic heterocycles. The number of ether oxygens (including phenoxy) is 5. The number of amides is 1. The second-order valence-electron chi connectivity index (χ2n) is 9.23. The molecular formula is C30H33FN2O6. The van der Waals surface area contributed by atoms with Gasteiger partial charge in [0.15, 0.2) is 11.5 Å². The summed E-state index contributed by atoms with van der Waals surface area (Å²) in [5, 5.41) is 6.18. The van der Waals surface area contributed by atoms with Crippen molar-refractivity contribution in [3.8, 4) is 29.6 Å². The highest BCUT2D eigenvalue weighted by molar-refractivity contribution is 5.94. The van der Waals surface area contributed by atoms with Crippen LogP contribution in [0.2, 0.25) is 0 Å². The molecule has 9 heteroatoms. The van der Waals surface area contributed by atoms with Gasteiger partial charge < -0.3 is 34.3 Å². The fourth-order valence-corrected chi connectivity index (χ4v) is 4.77. The third kappa shape index (κ3) is 6.65. The number of allylic oxidation sites excluding steroid dienone is 2. The Kier molecular flexibility index (Phi) is 9.34. The molecule has 2 atom stereocenters. The topological polar surface area (TPSA) is 87.3 Å². The lowest BCUT2D eigenvalue weighted by atomic mass is 9.81. The molecule has 2 N–H and O–H groups in total. The van der Waals surface area contributed by atoms with Crippen LogP contribution in [0, 0.1) is 24.1 Å². The van der Waals surface area contributed by atoms with Gasteiger partial charge >= 0.3 is 0 Å². The molecule has 1 amide bonds. The number of halogens is 1. The van der Waals surface area contributed by atoms with E-state index in [1.54, 1.807) is 19.1 Å². The average molecular weight is 537 g/mol. The van der Waals surface area contributed by atoms with Crippen molar-refractivity contribution in [1.82, 2.24) is 10.6 Å². The number of hydrogen-bond donors (Lipinski definition) is 2. The van der Waals surface area contributed by atoms with E-state index in [2.05, 4.69) is 16.6 Å². The first-order valence-corrected chi connectivity index (χ1v) is 12.7. The van der Waals surface area contributed by atoms with Crippen LogP contribution in [0.3, 0.4) is 0 Å². The quantitative estimate of drug-likeness (QED) is 0.268. The molecule has 0 saturated carbocycles. The number of piperidine rings is 1. The van der Waals surface area contributed by atoms with Crippen molar-refractivity contribution in [2.24, 2.45) is 5.92 Å². The average Bonchev–Trinajstić information content (AvgIpc) is 3.43. The maximum absolute atomic E-state index is 14.8. The summed E-state index contributed by atoms with van der Waals surface area (Å²) in [6.45, 7) is 3.97. The van der Waals surface area contributed by atoms with Crippen LogP contribution in [0.25, 0.3) is 0 Å². The minimum Gasteiger partial charge on any atom is -0.501 e. The number of carbonyl (C=O) groups excluding carboxylic acids is 1. The van der Waals surface area contributed by atoms with Gasteiger partial charge in [0, 0.05) is 24.6 Å². The maximum Gasteiger partial charge on any atom is 0.254 e. The molecule has 2 aliphatic heterocycles. The Labute approximate surface area is 228 Å². The van der Waals surface area contributed by atoms with Crippen molar-refractivity contribution in [2.45, 2.75) is 19.3 Å². The highest BCUT2D eigenvalue weighted by atomic mass is 19.1. The minimum absolute atomic E-state index is 0.0317. The summed E-state index contributed by atoms with van der Waals surface area (Å²) in [5.74, 6) is 4.40. The molecule has 1 fully saturated rings. The van der Waals surface area contributed by atoms with Gasteiger partial charge in [-0.05, 0) is 55.6 Å². The molecule has 1 saturated heterocycles. The Morgan fingerprint density at radius 1 is 1.21 bits per heavy atom. The number of carbonyl (C=O) groups is 1. The predicted octanol–water partition coefficient (Wildman–Crippen LogP) is 4.14. The summed E-state index contributed by atoms with van der Waals surface area (Å²) in [6.07, 6.45) is 7.66. The predicted molar refractivity (Wildman–Crippen MR) is 144 cm³/mol. The normalized spacial score (nSPS) is 19.0. The van der Waals surface area contributed by atoms with Gasteiger partial charge in [-0.1, -0.05) is 12.0 Å². The van der Waals surface area contributed by atoms with Crippen molar-refractivity contribution in [3.63, 3.8) is 0 Å². The van der Waals surface area contributed by atoms with Gasteiger partial charge in [-0.15, -0.1) is 6.42 Å². The third-order valence-electron chi connectivity index (χ3n) is 6.97. The largest absolute Gasteiger partial charge is 0.501 e. The zero-order chi connectivity index (χ0) is 27.8. The molecule has 206 valence electrons. The van der Waals surface area contributed by atoms with E-state index in [1.807, 2.05) is 18.2 Å². The lowest BCUT2D eigenvalue weighted by molar-refractivity contribution is 0.0951. The summed E-state index contributed by atoms with van der Waals surface area (Å²) in [5.41, 5.74) is 1.41. The first-order valence-electron chi connectivity index (χ1n) is 12.7. The second-order valence-corrected chi connectivity index (χ2v) is 9.23. The Balaban J connectivity index is 1.47. The fourth-order valence-electron chi connectivity index (χ4n) is 4.77. The van der Waals surface area contributed by atoms with Gasteiger partial charge in [-0.3, -0.25) is 4.79 Å². The van der Waals surface area contributed by atoms with Gasteiger partial charge in [-0.25, -0.2) is 4.39 Å². The van der Waals surface area contributed by atoms with E-state index in [0.29, 0.717) is 40.9 Å². The summed E-state index contributed by atoms with van der Waals surface area (Å²) in [6, 6.07) is 10.2. The zero-order valence-corrected chi connectivity index (χ0v) is 22.3. The standard InChI is InChI=1S/C30H33FN2O6/c1-5-6-27(36-4)25(19(2)35-3)16-33-30(34)24-13-20(7-9-26(24)31)23-11-12-32-15-21(23)17-37-22-8-10-28-29(14-22)39-18-38-28/h1,6-10,13-14,21,23,32H,11-12,15-18H2,2-4H3,(H,33,34)/b25-19+,27-6+/t21-,23-/m0/s1. The molecule has 0 bridgehead atoms. The highest BCUT2D eigenvalue weighted by Gasteiger charge is 2.29. The van der Waals surface area contributed by atoms with Crippen LogP contribution < -0.4 is 24.8 Å². The lowest BCUT2D eigenvalue weighted by Gasteiger charge is -2.32. The van der Waals surface area contributed by atoms with Crippen LogP contribution in [0.5, 0.6) is 17.2 Å². The van der Waals surface area contributed by atoms with Crippen molar-refractivity contribution in [3.05, 3.63) is 76.5 Å². The molecule has 2 aromatic rings. The van der Waals surface area contributed by atoms with Gasteiger partial charge in [-0.2, -0.15) is 0 Å². The van der Waals surface area contributed by atoms with Gasteiger partial charge in [0.2, 0.25) is 6.79 Å². The third-order valence-corrected chi connectivity index (χ3v) is 6.97. The fraction of sp³-hybridized carbons (Fsp3) is 0.367. The van der Waals surface area contributed by atoms with E-state index in [4.69, 9.17) is 30.1 Å². The van der Waals surface area contributed by atoms with Gasteiger partial charge in [0.05, 0.1) is 38.5 Å². The summed E-state index contributed by atoms with van der Waals surface area (Å²) in [7, 11) is 2.98. The Morgan fingerprint density at radius 3 is 2.79 bits per heavy atom. The molecule has 2 aliphatic rings. The Bertz CT molecular complexity index is 1300. The molecule has 4 rings (SSSR count). The van der Waals surface area contributed by atoms with Gasteiger partial charge in [0.25, 0.3) is 5.91 Å². The first kappa shape index (κ1) is 27.9. The highest BCUT2D eigenvalue weighted by Crippen LogP contribution is 2.36. The number of methoxy groups -OCH3 is 2. The van der Waals surface area contributed by atoms with Crippen LogP contribution in [0.15, 0.2) is 59.6 Å². The maximum atomic E-state index is 14.8.